The number of esters is 3. The molecule has 454 valence electrons. The lowest BCUT2D eigenvalue weighted by atomic mass is 10.1. The summed E-state index contributed by atoms with van der Waals surface area (Å²) in [5, 5.41) is 0. The highest BCUT2D eigenvalue weighted by molar-refractivity contribution is 5.71. The second kappa shape index (κ2) is 67.3. The molecule has 1 unspecified atom stereocenters. The third-order valence-electron chi connectivity index (χ3n) is 13.2. The van der Waals surface area contributed by atoms with E-state index in [1.54, 1.807) is 0 Å². The first-order valence-electron chi connectivity index (χ1n) is 32.6. The molecule has 0 bridgehead atoms. The number of allylic oxidation sites excluding steroid dienone is 28. The van der Waals surface area contributed by atoms with Gasteiger partial charge < -0.3 is 14.2 Å². The van der Waals surface area contributed by atoms with Crippen molar-refractivity contribution in [2.75, 3.05) is 13.2 Å². The highest BCUT2D eigenvalue weighted by Gasteiger charge is 2.19. The van der Waals surface area contributed by atoms with Gasteiger partial charge in [0.1, 0.15) is 13.2 Å². The van der Waals surface area contributed by atoms with Crippen LogP contribution in [-0.4, -0.2) is 37.2 Å². The number of rotatable bonds is 57. The third-order valence-corrected chi connectivity index (χ3v) is 13.2. The van der Waals surface area contributed by atoms with Gasteiger partial charge in [0.25, 0.3) is 0 Å². The zero-order valence-electron chi connectivity index (χ0n) is 52.0. The van der Waals surface area contributed by atoms with E-state index in [0.717, 1.165) is 167 Å². The van der Waals surface area contributed by atoms with Crippen LogP contribution in [0.5, 0.6) is 0 Å². The summed E-state index contributed by atoms with van der Waals surface area (Å²) in [4.78, 5) is 38.4. The molecule has 0 saturated heterocycles. The number of hydrogen-bond donors (Lipinski definition) is 0. The lowest BCUT2D eigenvalue weighted by Gasteiger charge is -2.18. The molecule has 0 aromatic heterocycles. The molecule has 81 heavy (non-hydrogen) atoms. The van der Waals surface area contributed by atoms with Gasteiger partial charge in [0, 0.05) is 19.3 Å². The Morgan fingerprint density at radius 2 is 0.481 bits per heavy atom. The monoisotopic (exact) mass is 1110 g/mol. The van der Waals surface area contributed by atoms with Crippen LogP contribution in [0.1, 0.15) is 265 Å². The fourth-order valence-corrected chi connectivity index (χ4v) is 8.36. The first-order chi connectivity index (χ1) is 40.0. The van der Waals surface area contributed by atoms with Crippen molar-refractivity contribution >= 4 is 17.9 Å². The molecule has 0 N–H and O–H groups in total. The predicted octanol–water partition coefficient (Wildman–Crippen LogP) is 22.7. The van der Waals surface area contributed by atoms with Gasteiger partial charge in [0.05, 0.1) is 0 Å². The van der Waals surface area contributed by atoms with Gasteiger partial charge in [-0.2, -0.15) is 0 Å². The van der Waals surface area contributed by atoms with E-state index in [1.807, 2.05) is 0 Å². The van der Waals surface area contributed by atoms with Gasteiger partial charge in [-0.3, -0.25) is 14.4 Å². The van der Waals surface area contributed by atoms with E-state index in [1.165, 1.54) is 51.4 Å². The molecule has 0 saturated carbocycles. The molecule has 6 heteroatoms. The van der Waals surface area contributed by atoms with Gasteiger partial charge in [-0.25, -0.2) is 0 Å². The molecule has 1 atom stereocenters. The predicted molar refractivity (Wildman–Crippen MR) is 352 cm³/mol. The number of hydrogen-bond acceptors (Lipinski definition) is 6. The van der Waals surface area contributed by atoms with E-state index in [-0.39, 0.29) is 37.5 Å². The summed E-state index contributed by atoms with van der Waals surface area (Å²) in [6.45, 7) is 6.33. The highest BCUT2D eigenvalue weighted by Crippen LogP contribution is 2.14. The van der Waals surface area contributed by atoms with Crippen molar-refractivity contribution in [2.24, 2.45) is 0 Å². The molecule has 0 aliphatic heterocycles. The smallest absolute Gasteiger partial charge is 0.306 e. The molecular weight excluding hydrogens is 997 g/mol. The van der Waals surface area contributed by atoms with Crippen LogP contribution in [0, 0.1) is 0 Å². The molecule has 0 aromatic rings. The minimum atomic E-state index is -0.819. The molecule has 0 radical (unpaired) electrons. The summed E-state index contributed by atoms with van der Waals surface area (Å²) in [5.74, 6) is -0.973. The summed E-state index contributed by atoms with van der Waals surface area (Å²) >= 11 is 0. The molecule has 0 aliphatic rings. The minimum Gasteiger partial charge on any atom is -0.462 e. The fraction of sp³-hybridized carbons (Fsp3) is 0.587. The van der Waals surface area contributed by atoms with Crippen molar-refractivity contribution in [3.63, 3.8) is 0 Å². The van der Waals surface area contributed by atoms with E-state index >= 15 is 0 Å². The lowest BCUT2D eigenvalue weighted by molar-refractivity contribution is -0.167. The standard InChI is InChI=1S/C75H118O6/c1-4-7-10-13-16-19-22-25-28-31-34-35-36-37-38-39-42-44-47-50-53-56-59-62-65-68-74(77)80-71-72(81-75(78)69-66-63-60-57-54-51-48-45-41-33-30-27-24-21-18-15-12-9-6-3)70-79-73(76)67-64-61-58-55-52-49-46-43-40-32-29-26-23-20-17-14-11-8-5-2/h7,9-10,12,16-21,25-30,34-35,37-38,40-45,51,54,72H,4-6,8,11,13-15,22-24,31-33,36,39,46-50,52-53,55-71H2,1-3H3/b10-7-,12-9-,19-16-,20-17-,21-18-,28-25-,29-26-,30-27-,35-34-,38-37-,43-40-,44-42-,45-41-,54-51-. The number of carbonyl (C=O) groups excluding carboxylic acids is 3. The van der Waals surface area contributed by atoms with Gasteiger partial charge in [0.15, 0.2) is 6.10 Å². The van der Waals surface area contributed by atoms with Crippen molar-refractivity contribution in [2.45, 2.75) is 271 Å². The number of carbonyl (C=O) groups is 3. The average Bonchev–Trinajstić information content (AvgIpc) is 3.47. The quantitative estimate of drug-likeness (QED) is 0.0261. The van der Waals surface area contributed by atoms with Crippen molar-refractivity contribution in [3.8, 4) is 0 Å². The van der Waals surface area contributed by atoms with E-state index < -0.39 is 6.10 Å². The molecule has 0 aromatic carbocycles. The Kier molecular flexibility index (Phi) is 62.9. The van der Waals surface area contributed by atoms with E-state index in [0.29, 0.717) is 19.3 Å². The van der Waals surface area contributed by atoms with Crippen LogP contribution in [-0.2, 0) is 28.6 Å². The number of unbranched alkanes of at least 4 members (excludes halogenated alkanes) is 18. The van der Waals surface area contributed by atoms with Gasteiger partial charge in [-0.1, -0.05) is 262 Å². The molecule has 0 fully saturated rings. The van der Waals surface area contributed by atoms with Crippen LogP contribution in [0.4, 0.5) is 0 Å². The van der Waals surface area contributed by atoms with Crippen LogP contribution in [0.25, 0.3) is 0 Å². The second-order valence-electron chi connectivity index (χ2n) is 20.9. The Morgan fingerprint density at radius 1 is 0.259 bits per heavy atom. The number of ether oxygens (including phenoxy) is 3. The lowest BCUT2D eigenvalue weighted by Crippen LogP contribution is -2.30. The summed E-state index contributed by atoms with van der Waals surface area (Å²) in [6, 6.07) is 0. The second-order valence-corrected chi connectivity index (χ2v) is 20.9. The maximum atomic E-state index is 12.9. The Labute approximate surface area is 498 Å². The van der Waals surface area contributed by atoms with Gasteiger partial charge in [0.2, 0.25) is 0 Å². The van der Waals surface area contributed by atoms with Crippen molar-refractivity contribution < 1.29 is 28.6 Å². The van der Waals surface area contributed by atoms with E-state index in [2.05, 4.69) is 191 Å². The summed E-state index contributed by atoms with van der Waals surface area (Å²) < 4.78 is 16.9. The fourth-order valence-electron chi connectivity index (χ4n) is 8.36. The molecule has 0 aliphatic carbocycles. The van der Waals surface area contributed by atoms with Crippen molar-refractivity contribution in [1.29, 1.82) is 0 Å². The normalized spacial score (nSPS) is 13.3. The molecule has 0 amide bonds. The Hall–Kier alpha value is -5.23. The van der Waals surface area contributed by atoms with Crippen molar-refractivity contribution in [1.82, 2.24) is 0 Å². The SMILES string of the molecule is CC/C=C\C/C=C\C/C=C\C/C=C\C/C=C\C/C=C\CCCCCCCCC(=O)OCC(COC(=O)CCCCCCCC/C=C\C/C=C\C/C=C\CCCCC)OC(=O)CCCCC/C=C\C/C=C\C/C=C\C/C=C\C/C=C\CC. The van der Waals surface area contributed by atoms with E-state index in [9.17, 15) is 14.4 Å². The zero-order valence-corrected chi connectivity index (χ0v) is 52.0. The molecule has 0 heterocycles. The molecular formula is C75H118O6. The van der Waals surface area contributed by atoms with E-state index in [4.69, 9.17) is 14.2 Å². The Balaban J connectivity index is 4.53. The Bertz CT molecular complexity index is 1860. The van der Waals surface area contributed by atoms with Gasteiger partial charge in [-0.15, -0.1) is 0 Å². The first-order valence-corrected chi connectivity index (χ1v) is 32.6. The van der Waals surface area contributed by atoms with Crippen LogP contribution in [0.2, 0.25) is 0 Å². The zero-order chi connectivity index (χ0) is 58.5. The van der Waals surface area contributed by atoms with Crippen molar-refractivity contribution in [3.05, 3.63) is 170 Å². The maximum Gasteiger partial charge on any atom is 0.306 e. The van der Waals surface area contributed by atoms with Crippen LogP contribution >= 0.6 is 0 Å². The first kappa shape index (κ1) is 75.8. The van der Waals surface area contributed by atoms with Crippen LogP contribution < -0.4 is 0 Å². The maximum absolute atomic E-state index is 12.9. The molecule has 6 nitrogen and oxygen atoms in total. The van der Waals surface area contributed by atoms with Crippen LogP contribution in [0.15, 0.2) is 170 Å². The third kappa shape index (κ3) is 65.5. The van der Waals surface area contributed by atoms with Gasteiger partial charge >= 0.3 is 17.9 Å². The Morgan fingerprint density at radius 3 is 0.765 bits per heavy atom. The summed E-state index contributed by atoms with van der Waals surface area (Å²) in [6.07, 6.45) is 99.2. The molecule has 0 spiro atoms. The minimum absolute atomic E-state index is 0.111. The highest BCUT2D eigenvalue weighted by atomic mass is 16.6. The summed E-state index contributed by atoms with van der Waals surface area (Å²) in [7, 11) is 0. The summed E-state index contributed by atoms with van der Waals surface area (Å²) in [5.41, 5.74) is 0. The largest absolute Gasteiger partial charge is 0.462 e. The van der Waals surface area contributed by atoms with Crippen LogP contribution in [0.3, 0.4) is 0 Å². The topological polar surface area (TPSA) is 78.9 Å². The average molecular weight is 1120 g/mol. The molecule has 0 rings (SSSR count). The van der Waals surface area contributed by atoms with Gasteiger partial charge in [-0.05, 0) is 154 Å².